The Morgan fingerprint density at radius 1 is 0.880 bits per heavy atom. The first-order valence-corrected chi connectivity index (χ1v) is 8.40. The minimum Gasteiger partial charge on any atom is -0.353 e. The molecule has 0 bridgehead atoms. The van der Waals surface area contributed by atoms with E-state index in [9.17, 15) is 0 Å². The molecular weight excluding hydrogens is 316 g/mol. The Morgan fingerprint density at radius 3 is 2.32 bits per heavy atom. The normalized spacial score (nSPS) is 14.8. The van der Waals surface area contributed by atoms with Gasteiger partial charge < -0.3 is 14.3 Å². The molecule has 128 valence electrons. The van der Waals surface area contributed by atoms with Gasteiger partial charge in [-0.05, 0) is 31.1 Å². The van der Waals surface area contributed by atoms with Crippen LogP contribution in [-0.2, 0) is 0 Å². The fourth-order valence-electron chi connectivity index (χ4n) is 3.04. The topological polar surface area (TPSA) is 71.2 Å². The molecule has 3 heterocycles. The van der Waals surface area contributed by atoms with Gasteiger partial charge in [0.05, 0.1) is 0 Å². The van der Waals surface area contributed by atoms with Crippen molar-refractivity contribution in [2.75, 3.05) is 36.0 Å². The van der Waals surface area contributed by atoms with Crippen LogP contribution in [0.3, 0.4) is 0 Å². The van der Waals surface area contributed by atoms with Gasteiger partial charge in [0.1, 0.15) is 11.6 Å². The summed E-state index contributed by atoms with van der Waals surface area (Å²) in [6.45, 7) is 7.32. The summed E-state index contributed by atoms with van der Waals surface area (Å²) in [5.41, 5.74) is 1.93. The maximum absolute atomic E-state index is 5.41. The second kappa shape index (κ2) is 6.51. The highest BCUT2D eigenvalue weighted by Gasteiger charge is 2.22. The quantitative estimate of drug-likeness (QED) is 0.727. The number of piperazine rings is 1. The Bertz CT molecular complexity index is 835. The van der Waals surface area contributed by atoms with E-state index < -0.39 is 0 Å². The zero-order valence-corrected chi connectivity index (χ0v) is 14.4. The monoisotopic (exact) mass is 336 g/mol. The standard InChI is InChI=1S/C18H20N6O/c1-13-12-16(20-14(2)19-13)23-8-10-24(11-9-23)18-21-17(25-22-18)15-6-4-3-5-7-15/h3-7,12H,8-11H2,1-2H3. The van der Waals surface area contributed by atoms with E-state index in [0.717, 1.165) is 49.1 Å². The summed E-state index contributed by atoms with van der Waals surface area (Å²) in [4.78, 5) is 17.8. The zero-order valence-electron chi connectivity index (χ0n) is 14.4. The van der Waals surface area contributed by atoms with Crippen molar-refractivity contribution in [3.8, 4) is 11.5 Å². The predicted octanol–water partition coefficient (Wildman–Crippen LogP) is 2.47. The van der Waals surface area contributed by atoms with E-state index in [0.29, 0.717) is 11.8 Å². The number of hydrogen-bond donors (Lipinski definition) is 0. The molecule has 2 aromatic heterocycles. The van der Waals surface area contributed by atoms with Crippen molar-refractivity contribution in [3.63, 3.8) is 0 Å². The molecule has 0 radical (unpaired) electrons. The predicted molar refractivity (Wildman–Crippen MR) is 95.7 cm³/mol. The van der Waals surface area contributed by atoms with Crippen LogP contribution in [0, 0.1) is 13.8 Å². The highest BCUT2D eigenvalue weighted by Crippen LogP contribution is 2.22. The molecule has 1 saturated heterocycles. The van der Waals surface area contributed by atoms with Gasteiger partial charge in [0, 0.05) is 43.5 Å². The Kier molecular flexibility index (Phi) is 4.05. The molecular formula is C18H20N6O. The summed E-state index contributed by atoms with van der Waals surface area (Å²) in [5, 5.41) is 4.14. The Morgan fingerprint density at radius 2 is 1.60 bits per heavy atom. The van der Waals surface area contributed by atoms with Crippen molar-refractivity contribution in [2.24, 2.45) is 0 Å². The Balaban J connectivity index is 1.45. The van der Waals surface area contributed by atoms with E-state index in [2.05, 4.69) is 29.9 Å². The third kappa shape index (κ3) is 3.31. The third-order valence-electron chi connectivity index (χ3n) is 4.28. The molecule has 4 rings (SSSR count). The minimum atomic E-state index is 0.556. The molecule has 1 fully saturated rings. The fourth-order valence-corrected chi connectivity index (χ4v) is 3.04. The highest BCUT2D eigenvalue weighted by molar-refractivity contribution is 5.54. The van der Waals surface area contributed by atoms with Crippen molar-refractivity contribution in [1.29, 1.82) is 0 Å². The van der Waals surface area contributed by atoms with Crippen LogP contribution in [0.1, 0.15) is 11.5 Å². The summed E-state index contributed by atoms with van der Waals surface area (Å²) in [6.07, 6.45) is 0. The summed E-state index contributed by atoms with van der Waals surface area (Å²) in [7, 11) is 0. The molecule has 3 aromatic rings. The van der Waals surface area contributed by atoms with E-state index in [1.54, 1.807) is 0 Å². The van der Waals surface area contributed by atoms with Gasteiger partial charge in [-0.25, -0.2) is 9.97 Å². The van der Waals surface area contributed by atoms with Gasteiger partial charge >= 0.3 is 0 Å². The van der Waals surface area contributed by atoms with E-state index in [1.807, 2.05) is 50.2 Å². The Hall–Kier alpha value is -2.96. The van der Waals surface area contributed by atoms with E-state index in [-0.39, 0.29) is 0 Å². The number of nitrogens with zero attached hydrogens (tertiary/aromatic N) is 6. The average Bonchev–Trinajstić information content (AvgIpc) is 3.12. The first-order valence-electron chi connectivity index (χ1n) is 8.40. The van der Waals surface area contributed by atoms with Crippen LogP contribution in [-0.4, -0.2) is 46.3 Å². The lowest BCUT2D eigenvalue weighted by Gasteiger charge is -2.34. The number of rotatable bonds is 3. The van der Waals surface area contributed by atoms with Gasteiger partial charge in [-0.2, -0.15) is 4.98 Å². The molecule has 0 atom stereocenters. The van der Waals surface area contributed by atoms with Crippen molar-refractivity contribution >= 4 is 11.8 Å². The van der Waals surface area contributed by atoms with Gasteiger partial charge in [0.15, 0.2) is 0 Å². The van der Waals surface area contributed by atoms with Crippen LogP contribution in [0.5, 0.6) is 0 Å². The number of aromatic nitrogens is 4. The largest absolute Gasteiger partial charge is 0.353 e. The van der Waals surface area contributed by atoms with Crippen molar-refractivity contribution in [3.05, 3.63) is 47.9 Å². The SMILES string of the molecule is Cc1cc(N2CCN(c3noc(-c4ccccc4)n3)CC2)nc(C)n1. The second-order valence-electron chi connectivity index (χ2n) is 6.15. The van der Waals surface area contributed by atoms with Crippen molar-refractivity contribution < 1.29 is 4.52 Å². The highest BCUT2D eigenvalue weighted by atomic mass is 16.5. The van der Waals surface area contributed by atoms with Crippen LogP contribution in [0.25, 0.3) is 11.5 Å². The maximum Gasteiger partial charge on any atom is 0.266 e. The van der Waals surface area contributed by atoms with Crippen LogP contribution >= 0.6 is 0 Å². The molecule has 0 saturated carbocycles. The lowest BCUT2D eigenvalue weighted by Crippen LogP contribution is -2.47. The van der Waals surface area contributed by atoms with Crippen LogP contribution < -0.4 is 9.80 Å². The van der Waals surface area contributed by atoms with E-state index in [4.69, 9.17) is 4.52 Å². The Labute approximate surface area is 146 Å². The number of aryl methyl sites for hydroxylation is 2. The smallest absolute Gasteiger partial charge is 0.266 e. The number of anilines is 2. The summed E-state index contributed by atoms with van der Waals surface area (Å²) in [6, 6.07) is 11.9. The van der Waals surface area contributed by atoms with Crippen molar-refractivity contribution in [1.82, 2.24) is 20.1 Å². The van der Waals surface area contributed by atoms with E-state index >= 15 is 0 Å². The van der Waals surface area contributed by atoms with Crippen LogP contribution in [0.15, 0.2) is 40.9 Å². The maximum atomic E-state index is 5.41. The average molecular weight is 336 g/mol. The zero-order chi connectivity index (χ0) is 17.2. The molecule has 25 heavy (non-hydrogen) atoms. The number of benzene rings is 1. The second-order valence-corrected chi connectivity index (χ2v) is 6.15. The molecule has 1 aliphatic rings. The molecule has 0 aliphatic carbocycles. The van der Waals surface area contributed by atoms with Gasteiger partial charge in [-0.1, -0.05) is 18.2 Å². The molecule has 0 N–H and O–H groups in total. The molecule has 7 nitrogen and oxygen atoms in total. The van der Waals surface area contributed by atoms with E-state index in [1.165, 1.54) is 0 Å². The molecule has 0 spiro atoms. The molecule has 1 aromatic carbocycles. The minimum absolute atomic E-state index is 0.556. The first-order chi connectivity index (χ1) is 12.2. The molecule has 1 aliphatic heterocycles. The van der Waals surface area contributed by atoms with Gasteiger partial charge in [-0.15, -0.1) is 0 Å². The molecule has 0 unspecified atom stereocenters. The summed E-state index contributed by atoms with van der Waals surface area (Å²) >= 11 is 0. The molecule has 0 amide bonds. The summed E-state index contributed by atoms with van der Waals surface area (Å²) < 4.78 is 5.41. The fraction of sp³-hybridized carbons (Fsp3) is 0.333. The third-order valence-corrected chi connectivity index (χ3v) is 4.28. The lowest BCUT2D eigenvalue weighted by atomic mass is 10.2. The molecule has 7 heteroatoms. The summed E-state index contributed by atoms with van der Waals surface area (Å²) in [5.74, 6) is 3.00. The lowest BCUT2D eigenvalue weighted by molar-refractivity contribution is 0.428. The van der Waals surface area contributed by atoms with Crippen molar-refractivity contribution in [2.45, 2.75) is 13.8 Å². The first kappa shape index (κ1) is 15.6. The number of hydrogen-bond acceptors (Lipinski definition) is 7. The van der Waals surface area contributed by atoms with Gasteiger partial charge in [0.2, 0.25) is 0 Å². The van der Waals surface area contributed by atoms with Crippen LogP contribution in [0.2, 0.25) is 0 Å². The van der Waals surface area contributed by atoms with Crippen LogP contribution in [0.4, 0.5) is 11.8 Å². The van der Waals surface area contributed by atoms with Gasteiger partial charge in [0.25, 0.3) is 11.8 Å². The van der Waals surface area contributed by atoms with Gasteiger partial charge in [-0.3, -0.25) is 0 Å².